The minimum absolute atomic E-state index is 0.309. The van der Waals surface area contributed by atoms with Gasteiger partial charge in [0.05, 0.1) is 6.61 Å². The van der Waals surface area contributed by atoms with Gasteiger partial charge in [0.2, 0.25) is 0 Å². The Balaban J connectivity index is 3.63. The summed E-state index contributed by atoms with van der Waals surface area (Å²) in [5.74, 6) is 0. The third-order valence-corrected chi connectivity index (χ3v) is 2.32. The predicted octanol–water partition coefficient (Wildman–Crippen LogP) is 2.05. The van der Waals surface area contributed by atoms with E-state index < -0.39 is 0 Å². The SMILES string of the molecule is CCCNCC(C)(CC)COC. The van der Waals surface area contributed by atoms with Crippen molar-refractivity contribution in [1.82, 2.24) is 5.32 Å². The Kier molecular flexibility index (Phi) is 6.39. The maximum absolute atomic E-state index is 5.19. The molecular formula is C10H23NO. The molecule has 0 saturated heterocycles. The fraction of sp³-hybridized carbons (Fsp3) is 1.00. The maximum atomic E-state index is 5.19. The molecule has 0 aromatic heterocycles. The van der Waals surface area contributed by atoms with E-state index in [0.717, 1.165) is 26.1 Å². The van der Waals surface area contributed by atoms with Crippen LogP contribution in [0.15, 0.2) is 0 Å². The normalized spacial score (nSPS) is 16.0. The molecule has 0 rings (SSSR count). The van der Waals surface area contributed by atoms with Crippen molar-refractivity contribution < 1.29 is 4.74 Å². The molecule has 0 aromatic carbocycles. The van der Waals surface area contributed by atoms with Crippen molar-refractivity contribution in [2.75, 3.05) is 26.8 Å². The van der Waals surface area contributed by atoms with Crippen molar-refractivity contribution in [3.05, 3.63) is 0 Å². The molecule has 2 heteroatoms. The van der Waals surface area contributed by atoms with Gasteiger partial charge < -0.3 is 10.1 Å². The molecule has 0 radical (unpaired) electrons. The van der Waals surface area contributed by atoms with Crippen LogP contribution in [0, 0.1) is 5.41 Å². The van der Waals surface area contributed by atoms with Gasteiger partial charge in [-0.1, -0.05) is 20.8 Å². The van der Waals surface area contributed by atoms with E-state index in [1.54, 1.807) is 7.11 Å². The fourth-order valence-corrected chi connectivity index (χ4v) is 1.19. The first kappa shape index (κ1) is 11.9. The molecule has 0 aliphatic heterocycles. The zero-order valence-corrected chi connectivity index (χ0v) is 8.94. The molecule has 2 nitrogen and oxygen atoms in total. The van der Waals surface area contributed by atoms with E-state index in [9.17, 15) is 0 Å². The van der Waals surface area contributed by atoms with Crippen LogP contribution in [-0.4, -0.2) is 26.8 Å². The molecule has 0 aromatic rings. The summed E-state index contributed by atoms with van der Waals surface area (Å²) in [7, 11) is 1.77. The van der Waals surface area contributed by atoms with Crippen LogP contribution in [0.1, 0.15) is 33.6 Å². The van der Waals surface area contributed by atoms with Gasteiger partial charge in [0.25, 0.3) is 0 Å². The second-order valence-corrected chi connectivity index (χ2v) is 3.77. The topological polar surface area (TPSA) is 21.3 Å². The van der Waals surface area contributed by atoms with Crippen molar-refractivity contribution >= 4 is 0 Å². The zero-order valence-electron chi connectivity index (χ0n) is 8.94. The standard InChI is InChI=1S/C10H23NO/c1-5-7-11-8-10(3,6-2)9-12-4/h11H,5-9H2,1-4H3. The number of hydrogen-bond acceptors (Lipinski definition) is 2. The molecule has 0 spiro atoms. The van der Waals surface area contributed by atoms with Crippen molar-refractivity contribution in [2.45, 2.75) is 33.6 Å². The van der Waals surface area contributed by atoms with Crippen molar-refractivity contribution in [3.8, 4) is 0 Å². The molecular weight excluding hydrogens is 150 g/mol. The highest BCUT2D eigenvalue weighted by Crippen LogP contribution is 2.19. The third kappa shape index (κ3) is 4.73. The Bertz CT molecular complexity index is 106. The van der Waals surface area contributed by atoms with E-state index in [4.69, 9.17) is 4.74 Å². The van der Waals surface area contributed by atoms with E-state index in [0.29, 0.717) is 5.41 Å². The lowest BCUT2D eigenvalue weighted by Crippen LogP contribution is -2.35. The van der Waals surface area contributed by atoms with Gasteiger partial charge in [-0.2, -0.15) is 0 Å². The van der Waals surface area contributed by atoms with Crippen LogP contribution < -0.4 is 5.32 Å². The first-order valence-corrected chi connectivity index (χ1v) is 4.88. The highest BCUT2D eigenvalue weighted by atomic mass is 16.5. The number of rotatable bonds is 7. The predicted molar refractivity (Wildman–Crippen MR) is 53.4 cm³/mol. The van der Waals surface area contributed by atoms with E-state index in [-0.39, 0.29) is 0 Å². The summed E-state index contributed by atoms with van der Waals surface area (Å²) in [6.45, 7) is 9.68. The first-order chi connectivity index (χ1) is 5.68. The molecule has 1 N–H and O–H groups in total. The van der Waals surface area contributed by atoms with E-state index >= 15 is 0 Å². The Morgan fingerprint density at radius 3 is 2.42 bits per heavy atom. The minimum Gasteiger partial charge on any atom is -0.384 e. The Morgan fingerprint density at radius 1 is 1.33 bits per heavy atom. The fourth-order valence-electron chi connectivity index (χ4n) is 1.19. The minimum atomic E-state index is 0.309. The number of methoxy groups -OCH3 is 1. The smallest absolute Gasteiger partial charge is 0.0528 e. The lowest BCUT2D eigenvalue weighted by molar-refractivity contribution is 0.0882. The summed E-state index contributed by atoms with van der Waals surface area (Å²) >= 11 is 0. The summed E-state index contributed by atoms with van der Waals surface area (Å²) in [4.78, 5) is 0. The maximum Gasteiger partial charge on any atom is 0.0528 e. The van der Waals surface area contributed by atoms with Crippen LogP contribution in [0.4, 0.5) is 0 Å². The van der Waals surface area contributed by atoms with Crippen LogP contribution in [-0.2, 0) is 4.74 Å². The van der Waals surface area contributed by atoms with Crippen molar-refractivity contribution in [1.29, 1.82) is 0 Å². The Morgan fingerprint density at radius 2 is 2.00 bits per heavy atom. The Hall–Kier alpha value is -0.0800. The van der Waals surface area contributed by atoms with Gasteiger partial charge in [-0.05, 0) is 19.4 Å². The van der Waals surface area contributed by atoms with E-state index in [1.165, 1.54) is 6.42 Å². The van der Waals surface area contributed by atoms with E-state index in [1.807, 2.05) is 0 Å². The van der Waals surface area contributed by atoms with Crippen LogP contribution in [0.2, 0.25) is 0 Å². The lowest BCUT2D eigenvalue weighted by Gasteiger charge is -2.27. The molecule has 1 unspecified atom stereocenters. The molecule has 0 bridgehead atoms. The molecule has 1 atom stereocenters. The summed E-state index contributed by atoms with van der Waals surface area (Å²) in [5, 5.41) is 3.43. The van der Waals surface area contributed by atoms with Crippen LogP contribution in [0.25, 0.3) is 0 Å². The summed E-state index contributed by atoms with van der Waals surface area (Å²) < 4.78 is 5.19. The molecule has 0 aliphatic rings. The number of hydrogen-bond donors (Lipinski definition) is 1. The first-order valence-electron chi connectivity index (χ1n) is 4.88. The van der Waals surface area contributed by atoms with Crippen LogP contribution >= 0.6 is 0 Å². The summed E-state index contributed by atoms with van der Waals surface area (Å²) in [5.41, 5.74) is 0.309. The van der Waals surface area contributed by atoms with Crippen LogP contribution in [0.3, 0.4) is 0 Å². The van der Waals surface area contributed by atoms with Gasteiger partial charge in [0, 0.05) is 19.1 Å². The second kappa shape index (κ2) is 6.44. The number of ether oxygens (including phenoxy) is 1. The van der Waals surface area contributed by atoms with Gasteiger partial charge in [0.1, 0.15) is 0 Å². The average molecular weight is 173 g/mol. The average Bonchev–Trinajstić information content (AvgIpc) is 2.06. The van der Waals surface area contributed by atoms with E-state index in [2.05, 4.69) is 26.1 Å². The van der Waals surface area contributed by atoms with Crippen molar-refractivity contribution in [3.63, 3.8) is 0 Å². The van der Waals surface area contributed by atoms with Gasteiger partial charge in [0.15, 0.2) is 0 Å². The number of nitrogens with one attached hydrogen (secondary N) is 1. The van der Waals surface area contributed by atoms with Crippen LogP contribution in [0.5, 0.6) is 0 Å². The monoisotopic (exact) mass is 173 g/mol. The van der Waals surface area contributed by atoms with Gasteiger partial charge in [-0.25, -0.2) is 0 Å². The highest BCUT2D eigenvalue weighted by molar-refractivity contribution is 4.74. The van der Waals surface area contributed by atoms with Gasteiger partial charge >= 0.3 is 0 Å². The lowest BCUT2D eigenvalue weighted by atomic mass is 9.88. The molecule has 0 aliphatic carbocycles. The third-order valence-electron chi connectivity index (χ3n) is 2.32. The molecule has 0 amide bonds. The summed E-state index contributed by atoms with van der Waals surface area (Å²) in [6.07, 6.45) is 2.37. The molecule has 0 fully saturated rings. The highest BCUT2D eigenvalue weighted by Gasteiger charge is 2.20. The van der Waals surface area contributed by atoms with Gasteiger partial charge in [-0.15, -0.1) is 0 Å². The van der Waals surface area contributed by atoms with Gasteiger partial charge in [-0.3, -0.25) is 0 Å². The Labute approximate surface area is 76.7 Å². The zero-order chi connectivity index (χ0) is 9.45. The molecule has 0 saturated carbocycles. The second-order valence-electron chi connectivity index (χ2n) is 3.77. The molecule has 74 valence electrons. The quantitative estimate of drug-likeness (QED) is 0.595. The molecule has 12 heavy (non-hydrogen) atoms. The van der Waals surface area contributed by atoms with Crippen molar-refractivity contribution in [2.24, 2.45) is 5.41 Å². The molecule has 0 heterocycles. The summed E-state index contributed by atoms with van der Waals surface area (Å²) in [6, 6.07) is 0. The largest absolute Gasteiger partial charge is 0.384 e.